The van der Waals surface area contributed by atoms with Gasteiger partial charge in [-0.25, -0.2) is 4.98 Å². The standard InChI is InChI=1S/C11H12N4S/c1-13-10-5-2-7-6-8(14-11(12)16)3-4-9(7)15-10/h2-6H,1H3,(H,13,15)(H3,12,14,16). The molecule has 0 unspecified atom stereocenters. The number of hydrogen-bond donors (Lipinski definition) is 3. The molecule has 0 fully saturated rings. The Morgan fingerprint density at radius 1 is 1.31 bits per heavy atom. The molecule has 2 rings (SSSR count). The third kappa shape index (κ3) is 2.20. The Balaban J connectivity index is 2.43. The number of hydrogen-bond acceptors (Lipinski definition) is 3. The van der Waals surface area contributed by atoms with Crippen LogP contribution in [0, 0.1) is 0 Å². The van der Waals surface area contributed by atoms with Gasteiger partial charge in [0.05, 0.1) is 5.52 Å². The number of benzene rings is 1. The molecule has 0 bridgehead atoms. The summed E-state index contributed by atoms with van der Waals surface area (Å²) in [6.07, 6.45) is 0. The molecule has 0 saturated heterocycles. The number of thiocarbonyl (C=S) groups is 1. The smallest absolute Gasteiger partial charge is 0.168 e. The van der Waals surface area contributed by atoms with E-state index in [1.165, 1.54) is 0 Å². The molecule has 0 aliphatic heterocycles. The number of anilines is 2. The summed E-state index contributed by atoms with van der Waals surface area (Å²) in [7, 11) is 1.84. The van der Waals surface area contributed by atoms with Crippen molar-refractivity contribution in [3.8, 4) is 0 Å². The van der Waals surface area contributed by atoms with E-state index in [1.807, 2.05) is 37.4 Å². The number of nitrogens with zero attached hydrogens (tertiary/aromatic N) is 1. The molecule has 16 heavy (non-hydrogen) atoms. The van der Waals surface area contributed by atoms with Gasteiger partial charge in [-0.15, -0.1) is 0 Å². The molecule has 0 radical (unpaired) electrons. The normalized spacial score (nSPS) is 10.1. The maximum Gasteiger partial charge on any atom is 0.168 e. The molecule has 0 atom stereocenters. The minimum Gasteiger partial charge on any atom is -0.376 e. The largest absolute Gasteiger partial charge is 0.376 e. The highest BCUT2D eigenvalue weighted by Crippen LogP contribution is 2.19. The molecule has 4 N–H and O–H groups in total. The Labute approximate surface area is 98.9 Å². The molecule has 4 nitrogen and oxygen atoms in total. The van der Waals surface area contributed by atoms with E-state index in [2.05, 4.69) is 15.6 Å². The molecule has 2 aromatic rings. The van der Waals surface area contributed by atoms with E-state index in [0.717, 1.165) is 22.4 Å². The number of nitrogens with two attached hydrogens (primary N) is 1. The number of nitrogens with one attached hydrogen (secondary N) is 2. The van der Waals surface area contributed by atoms with E-state index in [0.29, 0.717) is 0 Å². The highest BCUT2D eigenvalue weighted by molar-refractivity contribution is 7.80. The van der Waals surface area contributed by atoms with Gasteiger partial charge < -0.3 is 16.4 Å². The van der Waals surface area contributed by atoms with E-state index in [-0.39, 0.29) is 5.11 Å². The zero-order valence-corrected chi connectivity index (χ0v) is 9.64. The lowest BCUT2D eigenvalue weighted by molar-refractivity contribution is 1.34. The minimum absolute atomic E-state index is 0.263. The summed E-state index contributed by atoms with van der Waals surface area (Å²) in [4.78, 5) is 4.41. The lowest BCUT2D eigenvalue weighted by atomic mass is 10.2. The van der Waals surface area contributed by atoms with E-state index >= 15 is 0 Å². The van der Waals surface area contributed by atoms with Gasteiger partial charge >= 0.3 is 0 Å². The zero-order valence-electron chi connectivity index (χ0n) is 8.82. The van der Waals surface area contributed by atoms with Crippen LogP contribution in [0.1, 0.15) is 0 Å². The second-order valence-corrected chi connectivity index (χ2v) is 3.78. The summed E-state index contributed by atoms with van der Waals surface area (Å²) < 4.78 is 0. The Bertz CT molecular complexity index is 538. The molecule has 5 heteroatoms. The fraction of sp³-hybridized carbons (Fsp3) is 0.0909. The average molecular weight is 232 g/mol. The number of fused-ring (bicyclic) bond motifs is 1. The Morgan fingerprint density at radius 3 is 2.81 bits per heavy atom. The van der Waals surface area contributed by atoms with Crippen LogP contribution in [0.4, 0.5) is 11.5 Å². The molecular formula is C11H12N4S. The maximum atomic E-state index is 5.41. The van der Waals surface area contributed by atoms with Gasteiger partial charge in [0.15, 0.2) is 5.11 Å². The molecule has 1 aromatic carbocycles. The van der Waals surface area contributed by atoms with Crippen LogP contribution >= 0.6 is 12.2 Å². The third-order valence-corrected chi connectivity index (χ3v) is 2.31. The van der Waals surface area contributed by atoms with Gasteiger partial charge in [-0.2, -0.15) is 0 Å². The molecule has 0 aliphatic carbocycles. The summed E-state index contributed by atoms with van der Waals surface area (Å²) in [5, 5.41) is 7.19. The fourth-order valence-electron chi connectivity index (χ4n) is 1.48. The Hall–Kier alpha value is -1.88. The van der Waals surface area contributed by atoms with Gasteiger partial charge in [0.25, 0.3) is 0 Å². The van der Waals surface area contributed by atoms with Gasteiger partial charge in [0, 0.05) is 18.1 Å². The van der Waals surface area contributed by atoms with E-state index in [9.17, 15) is 0 Å². The summed E-state index contributed by atoms with van der Waals surface area (Å²) >= 11 is 4.78. The molecule has 1 heterocycles. The highest BCUT2D eigenvalue weighted by Gasteiger charge is 1.99. The van der Waals surface area contributed by atoms with E-state index < -0.39 is 0 Å². The van der Waals surface area contributed by atoms with Crippen molar-refractivity contribution in [3.63, 3.8) is 0 Å². The summed E-state index contributed by atoms with van der Waals surface area (Å²) in [5.74, 6) is 0.850. The molecule has 82 valence electrons. The van der Waals surface area contributed by atoms with Gasteiger partial charge in [-0.1, -0.05) is 0 Å². The first kappa shape index (κ1) is 10.6. The van der Waals surface area contributed by atoms with Crippen molar-refractivity contribution in [1.82, 2.24) is 4.98 Å². The minimum atomic E-state index is 0.263. The van der Waals surface area contributed by atoms with Crippen LogP contribution in [0.25, 0.3) is 10.9 Å². The molecule has 1 aromatic heterocycles. The second-order valence-electron chi connectivity index (χ2n) is 3.34. The number of rotatable bonds is 2. The molecule has 0 saturated carbocycles. The molecular weight excluding hydrogens is 220 g/mol. The molecule has 0 spiro atoms. The van der Waals surface area contributed by atoms with Gasteiger partial charge in [-0.3, -0.25) is 0 Å². The van der Waals surface area contributed by atoms with Crippen molar-refractivity contribution < 1.29 is 0 Å². The van der Waals surface area contributed by atoms with Crippen LogP contribution < -0.4 is 16.4 Å². The first-order valence-corrected chi connectivity index (χ1v) is 5.25. The molecule has 0 aliphatic rings. The van der Waals surface area contributed by atoms with Crippen molar-refractivity contribution in [2.75, 3.05) is 17.7 Å². The first-order chi connectivity index (χ1) is 7.69. The predicted octanol–water partition coefficient (Wildman–Crippen LogP) is 1.93. The average Bonchev–Trinajstić information content (AvgIpc) is 2.27. The maximum absolute atomic E-state index is 5.41. The number of aromatic nitrogens is 1. The SMILES string of the molecule is CNc1ccc2cc(NC(N)=S)ccc2n1. The zero-order chi connectivity index (χ0) is 11.5. The Morgan fingerprint density at radius 2 is 2.12 bits per heavy atom. The van der Waals surface area contributed by atoms with Gasteiger partial charge in [-0.05, 0) is 42.5 Å². The fourth-order valence-corrected chi connectivity index (χ4v) is 1.60. The van der Waals surface area contributed by atoms with Crippen molar-refractivity contribution in [2.45, 2.75) is 0 Å². The van der Waals surface area contributed by atoms with Crippen molar-refractivity contribution >= 4 is 39.7 Å². The van der Waals surface area contributed by atoms with Crippen molar-refractivity contribution in [3.05, 3.63) is 30.3 Å². The van der Waals surface area contributed by atoms with Crippen LogP contribution in [-0.2, 0) is 0 Å². The van der Waals surface area contributed by atoms with Crippen molar-refractivity contribution in [2.24, 2.45) is 5.73 Å². The van der Waals surface area contributed by atoms with Crippen LogP contribution in [0.2, 0.25) is 0 Å². The lowest BCUT2D eigenvalue weighted by Gasteiger charge is -2.06. The van der Waals surface area contributed by atoms with Gasteiger partial charge in [0.1, 0.15) is 5.82 Å². The number of pyridine rings is 1. The molecule has 0 amide bonds. The topological polar surface area (TPSA) is 63.0 Å². The van der Waals surface area contributed by atoms with Gasteiger partial charge in [0.2, 0.25) is 0 Å². The monoisotopic (exact) mass is 232 g/mol. The summed E-state index contributed by atoms with van der Waals surface area (Å²) in [6.45, 7) is 0. The van der Waals surface area contributed by atoms with E-state index in [1.54, 1.807) is 0 Å². The Kier molecular flexibility index (Phi) is 2.87. The van der Waals surface area contributed by atoms with Crippen LogP contribution in [0.5, 0.6) is 0 Å². The van der Waals surface area contributed by atoms with Crippen LogP contribution in [-0.4, -0.2) is 17.1 Å². The predicted molar refractivity (Wildman–Crippen MR) is 71.7 cm³/mol. The quantitative estimate of drug-likeness (QED) is 0.691. The highest BCUT2D eigenvalue weighted by atomic mass is 32.1. The van der Waals surface area contributed by atoms with Crippen molar-refractivity contribution in [1.29, 1.82) is 0 Å². The first-order valence-electron chi connectivity index (χ1n) is 4.84. The van der Waals surface area contributed by atoms with Crippen LogP contribution in [0.3, 0.4) is 0 Å². The third-order valence-electron chi connectivity index (χ3n) is 2.21. The summed E-state index contributed by atoms with van der Waals surface area (Å²) in [5.41, 5.74) is 7.21. The summed E-state index contributed by atoms with van der Waals surface area (Å²) in [6, 6.07) is 9.71. The van der Waals surface area contributed by atoms with E-state index in [4.69, 9.17) is 18.0 Å². The second kappa shape index (κ2) is 4.32. The van der Waals surface area contributed by atoms with Crippen LogP contribution in [0.15, 0.2) is 30.3 Å². The lowest BCUT2D eigenvalue weighted by Crippen LogP contribution is -2.18.